The van der Waals surface area contributed by atoms with Crippen LogP contribution in [0.5, 0.6) is 0 Å². The molecule has 0 bridgehead atoms. The minimum absolute atomic E-state index is 0.185. The Kier molecular flexibility index (Phi) is 3.38. The van der Waals surface area contributed by atoms with Gasteiger partial charge in [0.2, 0.25) is 0 Å². The van der Waals surface area contributed by atoms with Crippen LogP contribution < -0.4 is 10.6 Å². The Bertz CT molecular complexity index is 412. The fourth-order valence-corrected chi connectivity index (χ4v) is 1.55. The molecule has 4 heteroatoms. The molecule has 1 aromatic heterocycles. The van der Waals surface area contributed by atoms with Crippen molar-refractivity contribution in [3.63, 3.8) is 0 Å². The zero-order valence-electron chi connectivity index (χ0n) is 10.3. The topological polar surface area (TPSA) is 65.9 Å². The SMILES string of the molecule is CN(CC(C)(C)C)c1ccc(N)c(C#N)n1. The van der Waals surface area contributed by atoms with E-state index in [2.05, 4.69) is 25.8 Å². The largest absolute Gasteiger partial charge is 0.396 e. The maximum atomic E-state index is 8.85. The van der Waals surface area contributed by atoms with Crippen molar-refractivity contribution in [1.82, 2.24) is 4.98 Å². The molecular weight excluding hydrogens is 200 g/mol. The van der Waals surface area contributed by atoms with E-state index in [1.807, 2.05) is 24.1 Å². The molecule has 1 aromatic rings. The van der Waals surface area contributed by atoms with Crippen molar-refractivity contribution in [3.8, 4) is 6.07 Å². The number of hydrogen-bond acceptors (Lipinski definition) is 4. The molecule has 0 aromatic carbocycles. The number of nitrogens with zero attached hydrogens (tertiary/aromatic N) is 3. The van der Waals surface area contributed by atoms with Crippen LogP contribution in [-0.2, 0) is 0 Å². The standard InChI is InChI=1S/C12H18N4/c1-12(2,3)8-16(4)11-6-5-9(14)10(7-13)15-11/h5-6H,8,14H2,1-4H3. The highest BCUT2D eigenvalue weighted by Crippen LogP contribution is 2.20. The van der Waals surface area contributed by atoms with Crippen molar-refractivity contribution < 1.29 is 0 Å². The van der Waals surface area contributed by atoms with Gasteiger partial charge in [-0.1, -0.05) is 20.8 Å². The van der Waals surface area contributed by atoms with Crippen LogP contribution in [0.3, 0.4) is 0 Å². The summed E-state index contributed by atoms with van der Waals surface area (Å²) in [5.41, 5.74) is 6.53. The molecule has 0 aliphatic heterocycles. The normalized spacial score (nSPS) is 10.9. The highest BCUT2D eigenvalue weighted by Gasteiger charge is 2.15. The summed E-state index contributed by atoms with van der Waals surface area (Å²) in [6.07, 6.45) is 0. The molecule has 0 amide bonds. The third-order valence-corrected chi connectivity index (χ3v) is 2.12. The zero-order valence-corrected chi connectivity index (χ0v) is 10.3. The van der Waals surface area contributed by atoms with E-state index in [1.165, 1.54) is 0 Å². The summed E-state index contributed by atoms with van der Waals surface area (Å²) in [6.45, 7) is 7.35. The number of pyridine rings is 1. The number of rotatable bonds is 2. The van der Waals surface area contributed by atoms with Gasteiger partial charge in [-0.2, -0.15) is 5.26 Å². The lowest BCUT2D eigenvalue weighted by atomic mass is 9.96. The first-order chi connectivity index (χ1) is 7.33. The lowest BCUT2D eigenvalue weighted by Crippen LogP contribution is -2.29. The Morgan fingerprint density at radius 1 is 1.44 bits per heavy atom. The number of nitrogen functional groups attached to an aromatic ring is 1. The van der Waals surface area contributed by atoms with E-state index in [4.69, 9.17) is 11.0 Å². The lowest BCUT2D eigenvalue weighted by Gasteiger charge is -2.27. The van der Waals surface area contributed by atoms with E-state index < -0.39 is 0 Å². The van der Waals surface area contributed by atoms with Gasteiger partial charge in [0.05, 0.1) is 5.69 Å². The van der Waals surface area contributed by atoms with Crippen molar-refractivity contribution in [2.75, 3.05) is 24.2 Å². The predicted molar refractivity (Wildman–Crippen MR) is 66.1 cm³/mol. The fraction of sp³-hybridized carbons (Fsp3) is 0.500. The van der Waals surface area contributed by atoms with Gasteiger partial charge in [0.25, 0.3) is 0 Å². The molecule has 1 heterocycles. The summed E-state index contributed by atoms with van der Waals surface area (Å²) >= 11 is 0. The van der Waals surface area contributed by atoms with Crippen LogP contribution in [0.2, 0.25) is 0 Å². The molecule has 4 nitrogen and oxygen atoms in total. The molecule has 0 unspecified atom stereocenters. The van der Waals surface area contributed by atoms with Crippen molar-refractivity contribution in [3.05, 3.63) is 17.8 Å². The van der Waals surface area contributed by atoms with Crippen molar-refractivity contribution in [2.24, 2.45) is 5.41 Å². The summed E-state index contributed by atoms with van der Waals surface area (Å²) in [4.78, 5) is 6.24. The molecule has 0 fully saturated rings. The molecule has 0 aliphatic carbocycles. The average molecular weight is 218 g/mol. The van der Waals surface area contributed by atoms with Crippen LogP contribution in [0.1, 0.15) is 26.5 Å². The summed E-state index contributed by atoms with van der Waals surface area (Å²) in [5.74, 6) is 0.778. The Morgan fingerprint density at radius 3 is 2.56 bits per heavy atom. The van der Waals surface area contributed by atoms with Crippen LogP contribution >= 0.6 is 0 Å². The lowest BCUT2D eigenvalue weighted by molar-refractivity contribution is 0.418. The molecule has 0 saturated heterocycles. The molecule has 0 atom stereocenters. The highest BCUT2D eigenvalue weighted by molar-refractivity contribution is 5.55. The second kappa shape index (κ2) is 4.40. The van der Waals surface area contributed by atoms with E-state index in [0.717, 1.165) is 12.4 Å². The van der Waals surface area contributed by atoms with E-state index in [1.54, 1.807) is 6.07 Å². The average Bonchev–Trinajstić information content (AvgIpc) is 2.15. The quantitative estimate of drug-likeness (QED) is 0.824. The summed E-state index contributed by atoms with van der Waals surface area (Å²) in [7, 11) is 1.96. The van der Waals surface area contributed by atoms with Crippen LogP contribution in [0, 0.1) is 16.7 Å². The van der Waals surface area contributed by atoms with Gasteiger partial charge in [0.15, 0.2) is 5.69 Å². The van der Waals surface area contributed by atoms with Gasteiger partial charge in [0.1, 0.15) is 11.9 Å². The Labute approximate surface area is 96.7 Å². The van der Waals surface area contributed by atoms with Gasteiger partial charge < -0.3 is 10.6 Å². The molecule has 0 radical (unpaired) electrons. The van der Waals surface area contributed by atoms with Gasteiger partial charge in [-0.05, 0) is 17.5 Å². The summed E-state index contributed by atoms with van der Waals surface area (Å²) < 4.78 is 0. The maximum Gasteiger partial charge on any atom is 0.165 e. The fourth-order valence-electron chi connectivity index (χ4n) is 1.55. The molecule has 0 saturated carbocycles. The van der Waals surface area contributed by atoms with E-state index in [9.17, 15) is 0 Å². The summed E-state index contributed by atoms with van der Waals surface area (Å²) in [5, 5.41) is 8.85. The highest BCUT2D eigenvalue weighted by atomic mass is 15.2. The second-order valence-electron chi connectivity index (χ2n) is 5.14. The minimum Gasteiger partial charge on any atom is -0.396 e. The van der Waals surface area contributed by atoms with Crippen LogP contribution in [0.25, 0.3) is 0 Å². The summed E-state index contributed by atoms with van der Waals surface area (Å²) in [6, 6.07) is 5.55. The molecular formula is C12H18N4. The van der Waals surface area contributed by atoms with Gasteiger partial charge in [0, 0.05) is 13.6 Å². The number of nitrogens with two attached hydrogens (primary N) is 1. The van der Waals surface area contributed by atoms with Gasteiger partial charge in [-0.25, -0.2) is 4.98 Å². The molecule has 1 rings (SSSR count). The molecule has 0 aliphatic rings. The van der Waals surface area contributed by atoms with Crippen LogP contribution in [0.4, 0.5) is 11.5 Å². The minimum atomic E-state index is 0.185. The monoisotopic (exact) mass is 218 g/mol. The molecule has 0 spiro atoms. The number of anilines is 2. The Morgan fingerprint density at radius 2 is 2.06 bits per heavy atom. The molecule has 86 valence electrons. The third kappa shape index (κ3) is 3.13. The van der Waals surface area contributed by atoms with E-state index in [0.29, 0.717) is 11.4 Å². The van der Waals surface area contributed by atoms with E-state index in [-0.39, 0.29) is 5.41 Å². The smallest absolute Gasteiger partial charge is 0.165 e. The molecule has 16 heavy (non-hydrogen) atoms. The van der Waals surface area contributed by atoms with Crippen molar-refractivity contribution in [2.45, 2.75) is 20.8 Å². The number of nitriles is 1. The number of aromatic nitrogens is 1. The first-order valence-electron chi connectivity index (χ1n) is 5.21. The Hall–Kier alpha value is -1.76. The molecule has 2 N–H and O–H groups in total. The predicted octanol–water partition coefficient (Wildman–Crippen LogP) is 2.02. The van der Waals surface area contributed by atoms with Crippen molar-refractivity contribution >= 4 is 11.5 Å². The Balaban J connectivity index is 2.93. The zero-order chi connectivity index (χ0) is 12.3. The third-order valence-electron chi connectivity index (χ3n) is 2.12. The van der Waals surface area contributed by atoms with Gasteiger partial charge >= 0.3 is 0 Å². The first kappa shape index (κ1) is 12.3. The van der Waals surface area contributed by atoms with Crippen molar-refractivity contribution in [1.29, 1.82) is 5.26 Å². The second-order valence-corrected chi connectivity index (χ2v) is 5.14. The van der Waals surface area contributed by atoms with Crippen LogP contribution in [-0.4, -0.2) is 18.6 Å². The maximum absolute atomic E-state index is 8.85. The first-order valence-corrected chi connectivity index (χ1v) is 5.21. The number of hydrogen-bond donors (Lipinski definition) is 1. The van der Waals surface area contributed by atoms with Gasteiger partial charge in [-0.15, -0.1) is 0 Å². The van der Waals surface area contributed by atoms with Crippen LogP contribution in [0.15, 0.2) is 12.1 Å². The van der Waals surface area contributed by atoms with E-state index >= 15 is 0 Å². The van der Waals surface area contributed by atoms with Gasteiger partial charge in [-0.3, -0.25) is 0 Å².